The fraction of sp³-hybridized carbons (Fsp3) is 0.318. The summed E-state index contributed by atoms with van der Waals surface area (Å²) >= 11 is 0. The highest BCUT2D eigenvalue weighted by atomic mass is 16.5. The zero-order valence-corrected chi connectivity index (χ0v) is 17.2. The Hall–Kier alpha value is -3.55. The molecule has 160 valence electrons. The standard InChI is InChI=1S/C22H27N3O5/c1-3-16-6-5-7-19(14-16)30-15-22(28)25-24-21(27)13-12-20(26)23-17-8-10-18(11-9-17)29-4-2/h5-11,14H,3-4,12-13,15H2,1-2H3,(H,23,26)(H,24,27)(H,25,28). The van der Waals surface area contributed by atoms with Gasteiger partial charge in [0.25, 0.3) is 5.91 Å². The molecule has 0 aliphatic heterocycles. The van der Waals surface area contributed by atoms with Crippen molar-refractivity contribution < 1.29 is 23.9 Å². The van der Waals surface area contributed by atoms with E-state index in [9.17, 15) is 14.4 Å². The van der Waals surface area contributed by atoms with Crippen LogP contribution in [0.3, 0.4) is 0 Å². The fourth-order valence-corrected chi connectivity index (χ4v) is 2.49. The summed E-state index contributed by atoms with van der Waals surface area (Å²) in [6.45, 7) is 4.25. The van der Waals surface area contributed by atoms with E-state index in [2.05, 4.69) is 16.2 Å². The number of amides is 3. The molecule has 0 atom stereocenters. The zero-order valence-electron chi connectivity index (χ0n) is 17.2. The van der Waals surface area contributed by atoms with Crippen molar-refractivity contribution in [3.8, 4) is 11.5 Å². The number of nitrogens with one attached hydrogen (secondary N) is 3. The molecule has 0 spiro atoms. The predicted molar refractivity (Wildman–Crippen MR) is 113 cm³/mol. The molecule has 3 amide bonds. The first-order valence-corrected chi connectivity index (χ1v) is 9.82. The molecule has 0 bridgehead atoms. The van der Waals surface area contributed by atoms with Crippen molar-refractivity contribution in [3.05, 3.63) is 54.1 Å². The number of carbonyl (C=O) groups is 3. The number of carbonyl (C=O) groups excluding carboxylic acids is 3. The molecule has 2 aromatic rings. The van der Waals surface area contributed by atoms with Crippen molar-refractivity contribution in [2.45, 2.75) is 33.1 Å². The molecule has 0 saturated heterocycles. The normalized spacial score (nSPS) is 10.1. The Morgan fingerprint density at radius 1 is 0.800 bits per heavy atom. The average Bonchev–Trinajstić information content (AvgIpc) is 2.76. The van der Waals surface area contributed by atoms with Crippen LogP contribution in [0.2, 0.25) is 0 Å². The summed E-state index contributed by atoms with van der Waals surface area (Å²) < 4.78 is 10.7. The maximum atomic E-state index is 11.9. The zero-order chi connectivity index (χ0) is 21.8. The number of hydrazine groups is 1. The minimum Gasteiger partial charge on any atom is -0.494 e. The van der Waals surface area contributed by atoms with Gasteiger partial charge in [-0.3, -0.25) is 25.2 Å². The van der Waals surface area contributed by atoms with Crippen LogP contribution >= 0.6 is 0 Å². The van der Waals surface area contributed by atoms with Gasteiger partial charge in [0.2, 0.25) is 11.8 Å². The van der Waals surface area contributed by atoms with Gasteiger partial charge in [0.1, 0.15) is 11.5 Å². The molecule has 30 heavy (non-hydrogen) atoms. The van der Waals surface area contributed by atoms with Crippen molar-refractivity contribution in [1.29, 1.82) is 0 Å². The second kappa shape index (κ2) is 12.1. The van der Waals surface area contributed by atoms with Gasteiger partial charge in [-0.05, 0) is 55.3 Å². The minimum absolute atomic E-state index is 0.0186. The van der Waals surface area contributed by atoms with Gasteiger partial charge in [0.15, 0.2) is 6.61 Å². The van der Waals surface area contributed by atoms with Gasteiger partial charge < -0.3 is 14.8 Å². The molecule has 8 nitrogen and oxygen atoms in total. The monoisotopic (exact) mass is 413 g/mol. The van der Waals surface area contributed by atoms with Crippen LogP contribution in [-0.2, 0) is 20.8 Å². The summed E-state index contributed by atoms with van der Waals surface area (Å²) in [5.41, 5.74) is 6.24. The number of anilines is 1. The molecule has 0 aliphatic carbocycles. The second-order valence-electron chi connectivity index (χ2n) is 6.39. The lowest BCUT2D eigenvalue weighted by atomic mass is 10.2. The highest BCUT2D eigenvalue weighted by Crippen LogP contribution is 2.16. The average molecular weight is 413 g/mol. The third kappa shape index (κ3) is 8.22. The lowest BCUT2D eigenvalue weighted by molar-refractivity contribution is -0.130. The number of hydrogen-bond acceptors (Lipinski definition) is 5. The summed E-state index contributed by atoms with van der Waals surface area (Å²) in [4.78, 5) is 35.6. The fourth-order valence-electron chi connectivity index (χ4n) is 2.49. The first-order chi connectivity index (χ1) is 14.5. The molecule has 0 heterocycles. The topological polar surface area (TPSA) is 106 Å². The maximum absolute atomic E-state index is 11.9. The molecule has 0 fully saturated rings. The van der Waals surface area contributed by atoms with Crippen molar-refractivity contribution in [1.82, 2.24) is 10.9 Å². The van der Waals surface area contributed by atoms with E-state index in [1.807, 2.05) is 32.0 Å². The quantitative estimate of drug-likeness (QED) is 0.519. The van der Waals surface area contributed by atoms with Crippen molar-refractivity contribution in [2.24, 2.45) is 0 Å². The van der Waals surface area contributed by atoms with E-state index in [0.29, 0.717) is 23.8 Å². The Kier molecular flexibility index (Phi) is 9.18. The first-order valence-electron chi connectivity index (χ1n) is 9.82. The minimum atomic E-state index is -0.496. The molecule has 3 N–H and O–H groups in total. The number of ether oxygens (including phenoxy) is 2. The van der Waals surface area contributed by atoms with E-state index in [-0.39, 0.29) is 25.4 Å². The smallest absolute Gasteiger partial charge is 0.276 e. The van der Waals surface area contributed by atoms with Gasteiger partial charge in [-0.2, -0.15) is 0 Å². The van der Waals surface area contributed by atoms with Crippen LogP contribution in [0.5, 0.6) is 11.5 Å². The third-order valence-electron chi connectivity index (χ3n) is 4.05. The van der Waals surface area contributed by atoms with Gasteiger partial charge in [0.05, 0.1) is 6.61 Å². The van der Waals surface area contributed by atoms with Crippen LogP contribution in [0.1, 0.15) is 32.3 Å². The Labute approximate surface area is 175 Å². The lowest BCUT2D eigenvalue weighted by Gasteiger charge is -2.10. The number of hydrogen-bond donors (Lipinski definition) is 3. The first kappa shape index (κ1) is 22.7. The molecule has 0 radical (unpaired) electrons. The van der Waals surface area contributed by atoms with Crippen LogP contribution in [0.4, 0.5) is 5.69 Å². The van der Waals surface area contributed by atoms with Crippen molar-refractivity contribution in [2.75, 3.05) is 18.5 Å². The molecule has 0 aromatic heterocycles. The van der Waals surface area contributed by atoms with Gasteiger partial charge in [0, 0.05) is 18.5 Å². The number of aryl methyl sites for hydroxylation is 1. The third-order valence-corrected chi connectivity index (χ3v) is 4.05. The van der Waals surface area contributed by atoms with E-state index in [1.54, 1.807) is 30.3 Å². The molecule has 2 rings (SSSR count). The Morgan fingerprint density at radius 2 is 1.50 bits per heavy atom. The molecule has 0 aliphatic rings. The van der Waals surface area contributed by atoms with Gasteiger partial charge in [-0.25, -0.2) is 0 Å². The highest BCUT2D eigenvalue weighted by Gasteiger charge is 2.09. The van der Waals surface area contributed by atoms with Crippen LogP contribution in [-0.4, -0.2) is 30.9 Å². The van der Waals surface area contributed by atoms with Gasteiger partial charge in [-0.15, -0.1) is 0 Å². The van der Waals surface area contributed by atoms with Crippen LogP contribution < -0.4 is 25.6 Å². The molecule has 0 saturated carbocycles. The van der Waals surface area contributed by atoms with E-state index < -0.39 is 11.8 Å². The lowest BCUT2D eigenvalue weighted by Crippen LogP contribution is -2.44. The molecular weight excluding hydrogens is 386 g/mol. The van der Waals surface area contributed by atoms with Crippen molar-refractivity contribution >= 4 is 23.4 Å². The maximum Gasteiger partial charge on any atom is 0.276 e. The van der Waals surface area contributed by atoms with Crippen molar-refractivity contribution in [3.63, 3.8) is 0 Å². The Balaban J connectivity index is 1.63. The molecule has 8 heteroatoms. The number of rotatable bonds is 10. The summed E-state index contributed by atoms with van der Waals surface area (Å²) in [7, 11) is 0. The van der Waals surface area contributed by atoms with Crippen LogP contribution in [0, 0.1) is 0 Å². The van der Waals surface area contributed by atoms with E-state index in [0.717, 1.165) is 12.0 Å². The summed E-state index contributed by atoms with van der Waals surface area (Å²) in [6, 6.07) is 14.4. The molecule has 2 aromatic carbocycles. The summed E-state index contributed by atoms with van der Waals surface area (Å²) in [6.07, 6.45) is 0.781. The Bertz CT molecular complexity index is 852. The molecular formula is C22H27N3O5. The molecule has 0 unspecified atom stereocenters. The van der Waals surface area contributed by atoms with E-state index in [4.69, 9.17) is 9.47 Å². The van der Waals surface area contributed by atoms with Gasteiger partial charge in [-0.1, -0.05) is 19.1 Å². The van der Waals surface area contributed by atoms with E-state index in [1.165, 1.54) is 0 Å². The van der Waals surface area contributed by atoms with Gasteiger partial charge >= 0.3 is 0 Å². The predicted octanol–water partition coefficient (Wildman–Crippen LogP) is 2.59. The highest BCUT2D eigenvalue weighted by molar-refractivity contribution is 5.93. The summed E-state index contributed by atoms with van der Waals surface area (Å²) in [5, 5.41) is 2.70. The van der Waals surface area contributed by atoms with Crippen LogP contribution in [0.25, 0.3) is 0 Å². The van der Waals surface area contributed by atoms with Crippen LogP contribution in [0.15, 0.2) is 48.5 Å². The second-order valence-corrected chi connectivity index (χ2v) is 6.39. The Morgan fingerprint density at radius 3 is 2.20 bits per heavy atom. The SMILES string of the molecule is CCOc1ccc(NC(=O)CCC(=O)NNC(=O)COc2cccc(CC)c2)cc1. The number of benzene rings is 2. The summed E-state index contributed by atoms with van der Waals surface area (Å²) in [5.74, 6) is 0.0245. The van der Waals surface area contributed by atoms with E-state index >= 15 is 0 Å². The largest absolute Gasteiger partial charge is 0.494 e.